The fourth-order valence-electron chi connectivity index (χ4n) is 0.565. The molecule has 2 nitrogen and oxygen atoms in total. The molecule has 1 N–H and O–H groups in total. The molecule has 0 aromatic rings. The topological polar surface area (TPSA) is 40.9 Å². The Hall–Kier alpha value is -0.630. The van der Waals surface area contributed by atoms with Gasteiger partial charge in [0, 0.05) is 12.0 Å². The van der Waals surface area contributed by atoms with E-state index in [2.05, 4.69) is 0 Å². The van der Waals surface area contributed by atoms with E-state index in [0.717, 1.165) is 0 Å². The normalized spacial score (nSPS) is 11.2. The Morgan fingerprint density at radius 1 is 1.70 bits per heavy atom. The van der Waals surface area contributed by atoms with E-state index in [-0.39, 0.29) is 0 Å². The molecule has 0 saturated carbocycles. The summed E-state index contributed by atoms with van der Waals surface area (Å²) in [6, 6.07) is 0. The highest BCUT2D eigenvalue weighted by atomic mass is 35.5. The van der Waals surface area contributed by atoms with Crippen LogP contribution in [0.3, 0.4) is 0 Å². The summed E-state index contributed by atoms with van der Waals surface area (Å²) in [6.07, 6.45) is 4.02. The Kier molecular flexibility index (Phi) is 4.85. The fourth-order valence-corrected chi connectivity index (χ4v) is 0.776. The van der Waals surface area contributed by atoms with Gasteiger partial charge in [0.15, 0.2) is 0 Å². The molecule has 3 heteroatoms. The molecule has 0 fully saturated rings. The smallest absolute Gasteiger partial charge is 0.248 e. The van der Waals surface area contributed by atoms with Gasteiger partial charge >= 0.3 is 0 Å². The molecular weight excluding hydrogens is 150 g/mol. The first-order valence-electron chi connectivity index (χ1n) is 3.10. The number of hydrogen-bond donors (Lipinski definition) is 1. The van der Waals surface area contributed by atoms with Gasteiger partial charge in [-0.3, -0.25) is 4.79 Å². The molecule has 0 saturated heterocycles. The van der Waals surface area contributed by atoms with Crippen molar-refractivity contribution in [3.63, 3.8) is 0 Å². The first-order valence-corrected chi connectivity index (χ1v) is 3.48. The lowest BCUT2D eigenvalue weighted by Gasteiger charge is -1.93. The van der Waals surface area contributed by atoms with Crippen molar-refractivity contribution >= 4 is 23.1 Å². The largest absolute Gasteiger partial charge is 0.313 e. The van der Waals surface area contributed by atoms with Gasteiger partial charge in [-0.15, -0.1) is 0 Å². The second-order valence-corrected chi connectivity index (χ2v) is 2.14. The zero-order valence-corrected chi connectivity index (χ0v) is 6.61. The van der Waals surface area contributed by atoms with Crippen LogP contribution < -0.4 is 0 Å². The number of allylic oxidation sites excluding steroid dienone is 2. The van der Waals surface area contributed by atoms with Crippen LogP contribution in [0.15, 0.2) is 11.6 Å². The molecule has 0 spiro atoms. The molecule has 0 heterocycles. The molecule has 0 unspecified atom stereocenters. The van der Waals surface area contributed by atoms with Crippen molar-refractivity contribution in [1.82, 2.24) is 0 Å². The molecule has 0 aliphatic heterocycles. The second kappa shape index (κ2) is 5.18. The Morgan fingerprint density at radius 2 is 2.30 bits per heavy atom. The van der Waals surface area contributed by atoms with Crippen LogP contribution in [0.25, 0.3) is 0 Å². The highest BCUT2D eigenvalue weighted by Crippen LogP contribution is 2.05. The van der Waals surface area contributed by atoms with Gasteiger partial charge in [-0.2, -0.15) is 0 Å². The van der Waals surface area contributed by atoms with E-state index in [1.165, 1.54) is 6.21 Å². The highest BCUT2D eigenvalue weighted by molar-refractivity contribution is 6.67. The van der Waals surface area contributed by atoms with Crippen molar-refractivity contribution in [2.45, 2.75) is 19.8 Å². The first-order chi connectivity index (χ1) is 4.72. The quantitative estimate of drug-likeness (QED) is 0.381. The van der Waals surface area contributed by atoms with E-state index in [9.17, 15) is 4.79 Å². The van der Waals surface area contributed by atoms with E-state index < -0.39 is 5.24 Å². The molecule has 0 amide bonds. The third kappa shape index (κ3) is 3.41. The van der Waals surface area contributed by atoms with Crippen LogP contribution >= 0.6 is 11.6 Å². The molecular formula is C7H10ClNO. The predicted molar refractivity (Wildman–Crippen MR) is 42.6 cm³/mol. The third-order valence-corrected chi connectivity index (χ3v) is 1.36. The summed E-state index contributed by atoms with van der Waals surface area (Å²) in [5, 5.41) is 6.28. The van der Waals surface area contributed by atoms with Crippen molar-refractivity contribution in [2.75, 3.05) is 0 Å². The van der Waals surface area contributed by atoms with Gasteiger partial charge in [0.1, 0.15) is 0 Å². The van der Waals surface area contributed by atoms with Gasteiger partial charge in [0.2, 0.25) is 5.24 Å². The van der Waals surface area contributed by atoms with Crippen molar-refractivity contribution in [2.24, 2.45) is 0 Å². The van der Waals surface area contributed by atoms with E-state index in [1.54, 1.807) is 6.08 Å². The number of rotatable bonds is 4. The maximum atomic E-state index is 10.5. The standard InChI is InChI=1S/C7H10ClNO/c1-2-6(7(8)10)4-3-5-9/h4-5,9H,2-3H2,1H3/b6-4+,9-5?. The Labute approximate surface area is 65.4 Å². The maximum Gasteiger partial charge on any atom is 0.248 e. The van der Waals surface area contributed by atoms with Crippen LogP contribution in [0.1, 0.15) is 19.8 Å². The summed E-state index contributed by atoms with van der Waals surface area (Å²) in [7, 11) is 0. The monoisotopic (exact) mass is 159 g/mol. The first kappa shape index (κ1) is 9.37. The zero-order valence-electron chi connectivity index (χ0n) is 5.86. The Morgan fingerprint density at radius 3 is 2.60 bits per heavy atom. The van der Waals surface area contributed by atoms with Gasteiger partial charge in [-0.25, -0.2) is 0 Å². The van der Waals surface area contributed by atoms with Crippen LogP contribution in [-0.2, 0) is 4.79 Å². The summed E-state index contributed by atoms with van der Waals surface area (Å²) in [5.41, 5.74) is 0.588. The number of carbonyl (C=O) groups excluding carboxylic acids is 1. The lowest BCUT2D eigenvalue weighted by molar-refractivity contribution is -0.108. The molecule has 0 rings (SSSR count). The number of hydrogen-bond acceptors (Lipinski definition) is 2. The van der Waals surface area contributed by atoms with E-state index in [1.807, 2.05) is 6.92 Å². The number of carbonyl (C=O) groups is 1. The predicted octanol–water partition coefficient (Wildman–Crippen LogP) is 2.13. The second-order valence-electron chi connectivity index (χ2n) is 1.80. The summed E-state index contributed by atoms with van der Waals surface area (Å²) in [6.45, 7) is 1.86. The molecule has 10 heavy (non-hydrogen) atoms. The van der Waals surface area contributed by atoms with Crippen LogP contribution in [-0.4, -0.2) is 11.5 Å². The summed E-state index contributed by atoms with van der Waals surface area (Å²) in [5.74, 6) is 0. The van der Waals surface area contributed by atoms with Crippen LogP contribution in [0.4, 0.5) is 0 Å². The van der Waals surface area contributed by atoms with Gasteiger partial charge in [0.25, 0.3) is 0 Å². The van der Waals surface area contributed by atoms with Crippen molar-refractivity contribution in [3.05, 3.63) is 11.6 Å². The average molecular weight is 160 g/mol. The molecule has 0 atom stereocenters. The molecule has 0 aliphatic carbocycles. The fraction of sp³-hybridized carbons (Fsp3) is 0.429. The number of nitrogens with one attached hydrogen (secondary N) is 1. The minimum absolute atomic E-state index is 0.413. The summed E-state index contributed by atoms with van der Waals surface area (Å²) < 4.78 is 0. The Bertz CT molecular complexity index is 163. The van der Waals surface area contributed by atoms with Crippen molar-refractivity contribution in [3.8, 4) is 0 Å². The molecule has 56 valence electrons. The minimum Gasteiger partial charge on any atom is -0.313 e. The summed E-state index contributed by atoms with van der Waals surface area (Å²) in [4.78, 5) is 10.5. The van der Waals surface area contributed by atoms with Crippen LogP contribution in [0, 0.1) is 5.41 Å². The lowest BCUT2D eigenvalue weighted by Crippen LogP contribution is -1.91. The highest BCUT2D eigenvalue weighted by Gasteiger charge is 2.00. The Balaban J connectivity index is 4.03. The number of halogens is 1. The molecule has 0 aromatic carbocycles. The maximum absolute atomic E-state index is 10.5. The molecule has 0 aliphatic rings. The van der Waals surface area contributed by atoms with Crippen molar-refractivity contribution in [1.29, 1.82) is 5.41 Å². The van der Waals surface area contributed by atoms with E-state index in [4.69, 9.17) is 17.0 Å². The van der Waals surface area contributed by atoms with Gasteiger partial charge in [-0.1, -0.05) is 13.0 Å². The lowest BCUT2D eigenvalue weighted by atomic mass is 10.2. The van der Waals surface area contributed by atoms with Gasteiger partial charge in [-0.05, 0) is 24.2 Å². The van der Waals surface area contributed by atoms with Crippen LogP contribution in [0.5, 0.6) is 0 Å². The molecule has 0 radical (unpaired) electrons. The van der Waals surface area contributed by atoms with Gasteiger partial charge in [0.05, 0.1) is 0 Å². The van der Waals surface area contributed by atoms with Gasteiger partial charge < -0.3 is 5.41 Å². The van der Waals surface area contributed by atoms with E-state index in [0.29, 0.717) is 18.4 Å². The average Bonchev–Trinajstić information content (AvgIpc) is 1.89. The molecule has 0 bridgehead atoms. The molecule has 0 aromatic heterocycles. The van der Waals surface area contributed by atoms with Crippen LogP contribution in [0.2, 0.25) is 0 Å². The van der Waals surface area contributed by atoms with Crippen molar-refractivity contribution < 1.29 is 4.79 Å². The zero-order chi connectivity index (χ0) is 7.98. The SMILES string of the molecule is CC/C(=C\CC=N)C(=O)Cl. The minimum atomic E-state index is -0.413. The third-order valence-electron chi connectivity index (χ3n) is 1.12. The summed E-state index contributed by atoms with van der Waals surface area (Å²) >= 11 is 5.20. The van der Waals surface area contributed by atoms with E-state index >= 15 is 0 Å².